The molecule has 0 saturated heterocycles. The fourth-order valence-corrected chi connectivity index (χ4v) is 2.88. The lowest BCUT2D eigenvalue weighted by Crippen LogP contribution is -2.24. The molecule has 0 aliphatic carbocycles. The first kappa shape index (κ1) is 21.3. The van der Waals surface area contributed by atoms with Crippen molar-refractivity contribution in [1.82, 2.24) is 0 Å². The summed E-state index contributed by atoms with van der Waals surface area (Å²) in [5, 5.41) is 17.3. The summed E-state index contributed by atoms with van der Waals surface area (Å²) in [5.74, 6) is -0.285. The van der Waals surface area contributed by atoms with E-state index in [9.17, 15) is 9.59 Å². The molecule has 5 heteroatoms. The number of hydrogen-bond donors (Lipinski definition) is 2. The van der Waals surface area contributed by atoms with Crippen LogP contribution in [0.25, 0.3) is 0 Å². The SMILES string of the molecule is O=C1C(=O)N(c2ccccc2)c2ccccc21.Oc1ccccc1.Oc1ccccc1. The van der Waals surface area contributed by atoms with Gasteiger partial charge < -0.3 is 10.2 Å². The van der Waals surface area contributed by atoms with Gasteiger partial charge in [0.05, 0.1) is 11.3 Å². The molecule has 1 aliphatic heterocycles. The summed E-state index contributed by atoms with van der Waals surface area (Å²) in [5.41, 5.74) is 1.85. The van der Waals surface area contributed by atoms with Gasteiger partial charge in [-0.1, -0.05) is 66.7 Å². The summed E-state index contributed by atoms with van der Waals surface area (Å²) in [6, 6.07) is 33.7. The van der Waals surface area contributed by atoms with Crippen molar-refractivity contribution < 1.29 is 19.8 Å². The van der Waals surface area contributed by atoms with Crippen LogP contribution in [0.3, 0.4) is 0 Å². The summed E-state index contributed by atoms with van der Waals surface area (Å²) in [4.78, 5) is 25.2. The Morgan fingerprint density at radius 2 is 0.935 bits per heavy atom. The first-order chi connectivity index (χ1) is 15.1. The summed E-state index contributed by atoms with van der Waals surface area (Å²) in [6.45, 7) is 0. The number of phenolic OH excluding ortho intramolecular Hbond substituents is 2. The lowest BCUT2D eigenvalue weighted by molar-refractivity contribution is -0.113. The monoisotopic (exact) mass is 411 g/mol. The Balaban J connectivity index is 0.000000160. The highest BCUT2D eigenvalue weighted by atomic mass is 16.3. The van der Waals surface area contributed by atoms with E-state index in [1.165, 1.54) is 4.90 Å². The van der Waals surface area contributed by atoms with Gasteiger partial charge in [-0.2, -0.15) is 0 Å². The van der Waals surface area contributed by atoms with Gasteiger partial charge >= 0.3 is 5.91 Å². The molecule has 5 nitrogen and oxygen atoms in total. The molecular weight excluding hydrogens is 390 g/mol. The zero-order valence-corrected chi connectivity index (χ0v) is 16.6. The Hall–Kier alpha value is -4.38. The van der Waals surface area contributed by atoms with Crippen LogP contribution < -0.4 is 4.90 Å². The number of amides is 1. The number of phenols is 2. The third kappa shape index (κ3) is 5.58. The topological polar surface area (TPSA) is 77.8 Å². The maximum absolute atomic E-state index is 11.9. The van der Waals surface area contributed by atoms with E-state index >= 15 is 0 Å². The second-order valence-electron chi connectivity index (χ2n) is 6.49. The first-order valence-electron chi connectivity index (χ1n) is 9.59. The highest BCUT2D eigenvalue weighted by Crippen LogP contribution is 2.34. The number of para-hydroxylation sites is 4. The molecule has 2 N–H and O–H groups in total. The lowest BCUT2D eigenvalue weighted by atomic mass is 10.1. The van der Waals surface area contributed by atoms with Crippen molar-refractivity contribution in [2.75, 3.05) is 4.90 Å². The number of fused-ring (bicyclic) bond motifs is 1. The van der Waals surface area contributed by atoms with E-state index in [-0.39, 0.29) is 0 Å². The van der Waals surface area contributed by atoms with Crippen LogP contribution in [0.15, 0.2) is 115 Å². The number of carbonyl (C=O) groups is 2. The van der Waals surface area contributed by atoms with Crippen molar-refractivity contribution in [2.24, 2.45) is 0 Å². The molecule has 0 atom stereocenters. The average molecular weight is 411 g/mol. The zero-order valence-electron chi connectivity index (χ0n) is 16.6. The number of aromatic hydroxyl groups is 2. The van der Waals surface area contributed by atoms with Gasteiger partial charge in [-0.25, -0.2) is 0 Å². The Morgan fingerprint density at radius 1 is 0.516 bits per heavy atom. The molecule has 4 aromatic rings. The van der Waals surface area contributed by atoms with Gasteiger partial charge in [0, 0.05) is 5.69 Å². The minimum atomic E-state index is -0.489. The second-order valence-corrected chi connectivity index (χ2v) is 6.49. The molecule has 154 valence electrons. The number of ketones is 1. The van der Waals surface area contributed by atoms with Gasteiger partial charge in [-0.3, -0.25) is 14.5 Å². The van der Waals surface area contributed by atoms with E-state index in [0.717, 1.165) is 5.69 Å². The molecule has 31 heavy (non-hydrogen) atoms. The van der Waals surface area contributed by atoms with Crippen molar-refractivity contribution in [3.63, 3.8) is 0 Å². The van der Waals surface area contributed by atoms with E-state index in [4.69, 9.17) is 10.2 Å². The van der Waals surface area contributed by atoms with Crippen molar-refractivity contribution in [2.45, 2.75) is 0 Å². The fraction of sp³-hybridized carbons (Fsp3) is 0. The lowest BCUT2D eigenvalue weighted by Gasteiger charge is -2.15. The van der Waals surface area contributed by atoms with Crippen LogP contribution in [0.5, 0.6) is 11.5 Å². The number of benzene rings is 4. The number of hydrogen-bond acceptors (Lipinski definition) is 4. The molecule has 0 fully saturated rings. The van der Waals surface area contributed by atoms with E-state index in [1.807, 2.05) is 48.5 Å². The molecule has 0 unspecified atom stereocenters. The van der Waals surface area contributed by atoms with Crippen LogP contribution in [0.1, 0.15) is 10.4 Å². The van der Waals surface area contributed by atoms with Crippen LogP contribution in [0.4, 0.5) is 11.4 Å². The molecule has 5 rings (SSSR count). The van der Waals surface area contributed by atoms with Gasteiger partial charge in [0.15, 0.2) is 0 Å². The molecule has 1 amide bonds. The molecule has 0 radical (unpaired) electrons. The van der Waals surface area contributed by atoms with Crippen LogP contribution in [0, 0.1) is 0 Å². The van der Waals surface area contributed by atoms with Crippen molar-refractivity contribution in [3.05, 3.63) is 121 Å². The molecule has 0 aromatic heterocycles. The maximum atomic E-state index is 11.9. The summed E-state index contributed by atoms with van der Waals surface area (Å²) < 4.78 is 0. The van der Waals surface area contributed by atoms with Gasteiger partial charge in [-0.15, -0.1) is 0 Å². The first-order valence-corrected chi connectivity index (χ1v) is 9.59. The normalized spacial score (nSPS) is 11.5. The van der Waals surface area contributed by atoms with E-state index in [0.29, 0.717) is 22.7 Å². The fourth-order valence-electron chi connectivity index (χ4n) is 2.88. The number of nitrogens with zero attached hydrogens (tertiary/aromatic N) is 1. The van der Waals surface area contributed by atoms with E-state index < -0.39 is 11.7 Å². The number of carbonyl (C=O) groups excluding carboxylic acids is 2. The Labute approximate surface area is 180 Å². The highest BCUT2D eigenvalue weighted by Gasteiger charge is 2.36. The maximum Gasteiger partial charge on any atom is 0.304 e. The van der Waals surface area contributed by atoms with Crippen LogP contribution >= 0.6 is 0 Å². The second kappa shape index (κ2) is 10.4. The Morgan fingerprint density at radius 3 is 1.39 bits per heavy atom. The van der Waals surface area contributed by atoms with E-state index in [2.05, 4.69) is 0 Å². The minimum absolute atomic E-state index is 0.322. The molecular formula is C26H21NO4. The Kier molecular flexibility index (Phi) is 7.16. The standard InChI is InChI=1S/C14H9NO2.2C6H6O/c16-13-11-8-4-5-9-12(11)15(14(13)17)10-6-2-1-3-7-10;2*7-6-4-2-1-3-5-6/h1-9H;2*1-5,7H. The van der Waals surface area contributed by atoms with Crippen molar-refractivity contribution in [1.29, 1.82) is 0 Å². The minimum Gasteiger partial charge on any atom is -0.508 e. The van der Waals surface area contributed by atoms with Gasteiger partial charge in [0.1, 0.15) is 11.5 Å². The summed E-state index contributed by atoms with van der Waals surface area (Å²) in [7, 11) is 0. The number of rotatable bonds is 1. The molecule has 0 spiro atoms. The summed E-state index contributed by atoms with van der Waals surface area (Å²) >= 11 is 0. The van der Waals surface area contributed by atoms with Crippen LogP contribution in [0.2, 0.25) is 0 Å². The van der Waals surface area contributed by atoms with Gasteiger partial charge in [0.25, 0.3) is 5.78 Å². The number of anilines is 2. The largest absolute Gasteiger partial charge is 0.508 e. The Bertz CT molecular complexity index is 1090. The predicted octanol–water partition coefficient (Wildman–Crippen LogP) is 5.33. The molecule has 1 aliphatic rings. The highest BCUT2D eigenvalue weighted by molar-refractivity contribution is 6.53. The molecule has 1 heterocycles. The average Bonchev–Trinajstić information content (AvgIpc) is 3.07. The van der Waals surface area contributed by atoms with Crippen molar-refractivity contribution >= 4 is 23.1 Å². The molecule has 4 aromatic carbocycles. The third-order valence-electron chi connectivity index (χ3n) is 4.31. The quantitative estimate of drug-likeness (QED) is 0.415. The molecule has 0 bridgehead atoms. The van der Waals surface area contributed by atoms with Gasteiger partial charge in [0.2, 0.25) is 0 Å². The number of Topliss-reactive ketones (excluding diaryl/α,β-unsaturated/α-hetero) is 1. The van der Waals surface area contributed by atoms with Crippen LogP contribution in [-0.4, -0.2) is 21.9 Å². The van der Waals surface area contributed by atoms with Crippen LogP contribution in [-0.2, 0) is 4.79 Å². The smallest absolute Gasteiger partial charge is 0.304 e. The molecule has 0 saturated carbocycles. The zero-order chi connectivity index (χ0) is 22.1. The van der Waals surface area contributed by atoms with Gasteiger partial charge in [-0.05, 0) is 48.5 Å². The van der Waals surface area contributed by atoms with E-state index in [1.54, 1.807) is 66.7 Å². The van der Waals surface area contributed by atoms with Crippen molar-refractivity contribution in [3.8, 4) is 11.5 Å². The summed E-state index contributed by atoms with van der Waals surface area (Å²) in [6.07, 6.45) is 0. The predicted molar refractivity (Wildman–Crippen MR) is 121 cm³/mol. The third-order valence-corrected chi connectivity index (χ3v) is 4.31.